The predicted molar refractivity (Wildman–Crippen MR) is 92.4 cm³/mol. The Labute approximate surface area is 139 Å². The molecule has 1 unspecified atom stereocenters. The van der Waals surface area contributed by atoms with Crippen molar-refractivity contribution in [2.24, 2.45) is 5.73 Å². The maximum atomic E-state index is 6.54. The zero-order chi connectivity index (χ0) is 15.7. The molecule has 0 aliphatic carbocycles. The van der Waals surface area contributed by atoms with Gasteiger partial charge < -0.3 is 10.5 Å². The van der Waals surface area contributed by atoms with E-state index in [0.717, 1.165) is 43.1 Å². The third kappa shape index (κ3) is 2.96. The molecule has 112 valence electrons. The van der Waals surface area contributed by atoms with E-state index in [9.17, 15) is 0 Å². The number of methoxy groups -OCH3 is 1. The van der Waals surface area contributed by atoms with E-state index >= 15 is 0 Å². The highest BCUT2D eigenvalue weighted by atomic mass is 79.9. The SMILES string of the molecule is COc1c(C)cc(Br)c(C)c1C(N)c1cccc(Cl)c1C. The minimum Gasteiger partial charge on any atom is -0.496 e. The highest BCUT2D eigenvalue weighted by molar-refractivity contribution is 9.10. The summed E-state index contributed by atoms with van der Waals surface area (Å²) in [5.41, 5.74) is 11.7. The van der Waals surface area contributed by atoms with Gasteiger partial charge in [0.2, 0.25) is 0 Å². The minimum atomic E-state index is -0.283. The van der Waals surface area contributed by atoms with E-state index in [1.165, 1.54) is 0 Å². The largest absolute Gasteiger partial charge is 0.496 e. The van der Waals surface area contributed by atoms with E-state index < -0.39 is 0 Å². The zero-order valence-corrected chi connectivity index (χ0v) is 15.0. The van der Waals surface area contributed by atoms with Crippen LogP contribution in [-0.4, -0.2) is 7.11 Å². The highest BCUT2D eigenvalue weighted by Crippen LogP contribution is 2.39. The molecule has 1 atom stereocenters. The van der Waals surface area contributed by atoms with Gasteiger partial charge in [0.1, 0.15) is 5.75 Å². The van der Waals surface area contributed by atoms with E-state index in [2.05, 4.69) is 22.0 Å². The van der Waals surface area contributed by atoms with Gasteiger partial charge in [0, 0.05) is 15.1 Å². The number of halogens is 2. The number of ether oxygens (including phenoxy) is 1. The van der Waals surface area contributed by atoms with Gasteiger partial charge in [-0.05, 0) is 55.2 Å². The molecule has 0 saturated carbocycles. The van der Waals surface area contributed by atoms with Crippen molar-refractivity contribution < 1.29 is 4.74 Å². The van der Waals surface area contributed by atoms with Gasteiger partial charge in [0.05, 0.1) is 13.2 Å². The molecule has 0 heterocycles. The van der Waals surface area contributed by atoms with Gasteiger partial charge in [0.15, 0.2) is 0 Å². The Hall–Kier alpha value is -1.03. The normalized spacial score (nSPS) is 12.3. The van der Waals surface area contributed by atoms with Crippen LogP contribution in [0, 0.1) is 20.8 Å². The average molecular weight is 369 g/mol. The first kappa shape index (κ1) is 16.3. The third-order valence-corrected chi connectivity index (χ3v) is 5.10. The minimum absolute atomic E-state index is 0.283. The number of hydrogen-bond acceptors (Lipinski definition) is 2. The van der Waals surface area contributed by atoms with Crippen LogP contribution >= 0.6 is 27.5 Å². The maximum Gasteiger partial charge on any atom is 0.127 e. The van der Waals surface area contributed by atoms with Crippen LogP contribution in [0.2, 0.25) is 5.02 Å². The van der Waals surface area contributed by atoms with Crippen molar-refractivity contribution in [3.8, 4) is 5.75 Å². The van der Waals surface area contributed by atoms with Crippen molar-refractivity contribution in [2.75, 3.05) is 7.11 Å². The maximum absolute atomic E-state index is 6.54. The second-order valence-electron chi connectivity index (χ2n) is 5.18. The molecule has 2 nitrogen and oxygen atoms in total. The molecule has 4 heteroatoms. The molecular weight excluding hydrogens is 350 g/mol. The second kappa shape index (κ2) is 6.39. The lowest BCUT2D eigenvalue weighted by atomic mass is 9.91. The van der Waals surface area contributed by atoms with E-state index in [4.69, 9.17) is 22.1 Å². The van der Waals surface area contributed by atoms with Crippen LogP contribution in [0.15, 0.2) is 28.7 Å². The van der Waals surface area contributed by atoms with Crippen molar-refractivity contribution in [3.05, 3.63) is 61.6 Å². The van der Waals surface area contributed by atoms with Gasteiger partial charge in [-0.2, -0.15) is 0 Å². The first-order valence-corrected chi connectivity index (χ1v) is 7.89. The Morgan fingerprint density at radius 1 is 1.19 bits per heavy atom. The number of hydrogen-bond donors (Lipinski definition) is 1. The molecule has 0 spiro atoms. The first-order chi connectivity index (χ1) is 9.88. The Balaban J connectivity index is 2.68. The van der Waals surface area contributed by atoms with E-state index in [1.807, 2.05) is 39.0 Å². The van der Waals surface area contributed by atoms with Crippen LogP contribution in [0.1, 0.15) is 33.9 Å². The molecule has 2 aromatic rings. The lowest BCUT2D eigenvalue weighted by Crippen LogP contribution is -2.17. The summed E-state index contributed by atoms with van der Waals surface area (Å²) in [6.45, 7) is 6.05. The van der Waals surface area contributed by atoms with Crippen LogP contribution in [-0.2, 0) is 0 Å². The van der Waals surface area contributed by atoms with Gasteiger partial charge >= 0.3 is 0 Å². The smallest absolute Gasteiger partial charge is 0.127 e. The number of rotatable bonds is 3. The molecule has 0 bridgehead atoms. The van der Waals surface area contributed by atoms with Crippen molar-refractivity contribution in [1.29, 1.82) is 0 Å². The number of aryl methyl sites for hydroxylation is 1. The lowest BCUT2D eigenvalue weighted by Gasteiger charge is -2.23. The Morgan fingerprint density at radius 2 is 1.86 bits per heavy atom. The molecule has 0 amide bonds. The lowest BCUT2D eigenvalue weighted by molar-refractivity contribution is 0.404. The highest BCUT2D eigenvalue weighted by Gasteiger charge is 2.22. The average Bonchev–Trinajstić information content (AvgIpc) is 2.44. The fraction of sp³-hybridized carbons (Fsp3) is 0.294. The predicted octanol–water partition coefficient (Wildman–Crippen LogP) is 5.08. The zero-order valence-electron chi connectivity index (χ0n) is 12.6. The summed E-state index contributed by atoms with van der Waals surface area (Å²) in [6, 6.07) is 7.59. The summed E-state index contributed by atoms with van der Waals surface area (Å²) < 4.78 is 6.62. The van der Waals surface area contributed by atoms with Crippen LogP contribution < -0.4 is 10.5 Å². The van der Waals surface area contributed by atoms with Crippen LogP contribution in [0.3, 0.4) is 0 Å². The van der Waals surface area contributed by atoms with Gasteiger partial charge in [-0.1, -0.05) is 39.7 Å². The van der Waals surface area contributed by atoms with E-state index in [-0.39, 0.29) is 6.04 Å². The van der Waals surface area contributed by atoms with Crippen LogP contribution in [0.25, 0.3) is 0 Å². The molecule has 0 aliphatic rings. The molecule has 0 aliphatic heterocycles. The first-order valence-electron chi connectivity index (χ1n) is 6.72. The molecule has 2 rings (SSSR count). The van der Waals surface area contributed by atoms with Gasteiger partial charge in [-0.3, -0.25) is 0 Å². The fourth-order valence-corrected chi connectivity index (χ4v) is 3.38. The monoisotopic (exact) mass is 367 g/mol. The summed E-state index contributed by atoms with van der Waals surface area (Å²) in [5, 5.41) is 0.728. The van der Waals surface area contributed by atoms with Crippen molar-refractivity contribution in [1.82, 2.24) is 0 Å². The third-order valence-electron chi connectivity index (χ3n) is 3.87. The van der Waals surface area contributed by atoms with Gasteiger partial charge in [0.25, 0.3) is 0 Å². The Kier molecular flexibility index (Phi) is 4.97. The molecule has 21 heavy (non-hydrogen) atoms. The van der Waals surface area contributed by atoms with Gasteiger partial charge in [-0.15, -0.1) is 0 Å². The Morgan fingerprint density at radius 3 is 2.48 bits per heavy atom. The molecule has 0 radical (unpaired) electrons. The molecule has 0 fully saturated rings. The molecule has 0 aromatic heterocycles. The Bertz CT molecular complexity index is 685. The summed E-state index contributed by atoms with van der Waals surface area (Å²) in [4.78, 5) is 0. The van der Waals surface area contributed by atoms with Crippen molar-refractivity contribution >= 4 is 27.5 Å². The van der Waals surface area contributed by atoms with Crippen LogP contribution in [0.5, 0.6) is 5.75 Å². The fourth-order valence-electron chi connectivity index (χ4n) is 2.64. The van der Waals surface area contributed by atoms with Crippen molar-refractivity contribution in [2.45, 2.75) is 26.8 Å². The molecule has 0 saturated heterocycles. The summed E-state index contributed by atoms with van der Waals surface area (Å²) in [7, 11) is 1.68. The van der Waals surface area contributed by atoms with Crippen molar-refractivity contribution in [3.63, 3.8) is 0 Å². The summed E-state index contributed by atoms with van der Waals surface area (Å²) >= 11 is 9.82. The molecular formula is C17H19BrClNO. The number of nitrogens with two attached hydrogens (primary N) is 1. The summed E-state index contributed by atoms with van der Waals surface area (Å²) in [6.07, 6.45) is 0. The van der Waals surface area contributed by atoms with Crippen LogP contribution in [0.4, 0.5) is 0 Å². The second-order valence-corrected chi connectivity index (χ2v) is 6.44. The standard InChI is InChI=1S/C17H19BrClNO/c1-9-8-13(18)11(3)15(17(9)21-4)16(20)12-6-5-7-14(19)10(12)2/h5-8,16H,20H2,1-4H3. The topological polar surface area (TPSA) is 35.2 Å². The number of benzene rings is 2. The summed E-state index contributed by atoms with van der Waals surface area (Å²) in [5.74, 6) is 0.836. The van der Waals surface area contributed by atoms with E-state index in [1.54, 1.807) is 7.11 Å². The van der Waals surface area contributed by atoms with E-state index in [0.29, 0.717) is 0 Å². The molecule has 2 aromatic carbocycles. The van der Waals surface area contributed by atoms with Gasteiger partial charge in [-0.25, -0.2) is 0 Å². The quantitative estimate of drug-likeness (QED) is 0.819. The molecule has 2 N–H and O–H groups in total.